The second-order valence-corrected chi connectivity index (χ2v) is 3.57. The van der Waals surface area contributed by atoms with E-state index in [1.54, 1.807) is 6.92 Å². The van der Waals surface area contributed by atoms with E-state index in [0.717, 1.165) is 12.8 Å². The normalized spacial score (nSPS) is 28.1. The Kier molecular flexibility index (Phi) is 3.90. The van der Waals surface area contributed by atoms with Crippen LogP contribution in [0.1, 0.15) is 26.7 Å². The van der Waals surface area contributed by atoms with Gasteiger partial charge in [0.2, 0.25) is 5.91 Å². The van der Waals surface area contributed by atoms with E-state index in [2.05, 4.69) is 5.32 Å². The molecular weight excluding hydrogens is 180 g/mol. The monoisotopic (exact) mass is 196 g/mol. The molecule has 0 aliphatic carbocycles. The molecule has 0 aromatic rings. The van der Waals surface area contributed by atoms with Crippen molar-refractivity contribution >= 4 is 5.91 Å². The predicted octanol–water partition coefficient (Wildman–Crippen LogP) is 0.830. The summed E-state index contributed by atoms with van der Waals surface area (Å²) in [5.74, 6) is -0.126. The van der Waals surface area contributed by atoms with E-state index in [-0.39, 0.29) is 17.9 Å². The van der Waals surface area contributed by atoms with Crippen LogP contribution in [0.15, 0.2) is 0 Å². The number of nitrogens with one attached hydrogen (secondary N) is 1. The van der Waals surface area contributed by atoms with Gasteiger partial charge in [0.15, 0.2) is 0 Å². The van der Waals surface area contributed by atoms with Crippen molar-refractivity contribution in [2.45, 2.75) is 38.8 Å². The van der Waals surface area contributed by atoms with Crippen molar-refractivity contribution in [2.24, 2.45) is 5.92 Å². The number of carbonyl (C=O) groups excluding carboxylic acids is 1. The van der Waals surface area contributed by atoms with Crippen LogP contribution in [0, 0.1) is 17.2 Å². The lowest BCUT2D eigenvalue weighted by atomic mass is 9.98. The highest BCUT2D eigenvalue weighted by atomic mass is 16.5. The molecule has 0 aromatic carbocycles. The molecular formula is C10H16N2O2. The zero-order valence-electron chi connectivity index (χ0n) is 8.62. The lowest BCUT2D eigenvalue weighted by Gasteiger charge is -2.17. The average Bonchev–Trinajstić information content (AvgIpc) is 2.65. The largest absolute Gasteiger partial charge is 0.377 e. The fourth-order valence-electron chi connectivity index (χ4n) is 1.70. The fraction of sp³-hybridized carbons (Fsp3) is 0.800. The molecule has 0 spiro atoms. The summed E-state index contributed by atoms with van der Waals surface area (Å²) in [6, 6.07) is 1.56. The van der Waals surface area contributed by atoms with Gasteiger partial charge in [0.05, 0.1) is 18.1 Å². The summed E-state index contributed by atoms with van der Waals surface area (Å²) in [6.07, 6.45) is 1.64. The Morgan fingerprint density at radius 1 is 1.79 bits per heavy atom. The van der Waals surface area contributed by atoms with E-state index in [4.69, 9.17) is 10.00 Å². The summed E-state index contributed by atoms with van der Waals surface area (Å²) in [4.78, 5) is 11.6. The van der Waals surface area contributed by atoms with Gasteiger partial charge in [-0.2, -0.15) is 5.26 Å². The molecule has 1 amide bonds. The van der Waals surface area contributed by atoms with Crippen LogP contribution in [0.25, 0.3) is 0 Å². The van der Waals surface area contributed by atoms with Crippen molar-refractivity contribution in [1.29, 1.82) is 5.26 Å². The molecule has 1 saturated heterocycles. The van der Waals surface area contributed by atoms with Gasteiger partial charge >= 0.3 is 0 Å². The molecule has 0 saturated carbocycles. The second kappa shape index (κ2) is 4.97. The number of rotatable bonds is 3. The molecule has 3 atom stereocenters. The van der Waals surface area contributed by atoms with Crippen LogP contribution in [0.3, 0.4) is 0 Å². The van der Waals surface area contributed by atoms with Gasteiger partial charge in [-0.25, -0.2) is 0 Å². The van der Waals surface area contributed by atoms with Crippen LogP contribution in [0.5, 0.6) is 0 Å². The summed E-state index contributed by atoms with van der Waals surface area (Å²) >= 11 is 0. The van der Waals surface area contributed by atoms with Gasteiger partial charge in [-0.3, -0.25) is 4.79 Å². The summed E-state index contributed by atoms with van der Waals surface area (Å²) in [5.41, 5.74) is 0. The van der Waals surface area contributed by atoms with E-state index >= 15 is 0 Å². The Hall–Kier alpha value is -1.08. The predicted molar refractivity (Wildman–Crippen MR) is 51.4 cm³/mol. The summed E-state index contributed by atoms with van der Waals surface area (Å²) in [5, 5.41) is 11.2. The highest BCUT2D eigenvalue weighted by Crippen LogP contribution is 2.23. The number of nitriles is 1. The molecule has 78 valence electrons. The Bertz CT molecular complexity index is 247. The molecule has 4 heteroatoms. The molecule has 0 aromatic heterocycles. The summed E-state index contributed by atoms with van der Waals surface area (Å²) in [6.45, 7) is 4.33. The minimum Gasteiger partial charge on any atom is -0.377 e. The second-order valence-electron chi connectivity index (χ2n) is 3.57. The quantitative estimate of drug-likeness (QED) is 0.727. The van der Waals surface area contributed by atoms with Crippen molar-refractivity contribution in [1.82, 2.24) is 5.32 Å². The Morgan fingerprint density at radius 3 is 3.07 bits per heavy atom. The molecule has 0 radical (unpaired) electrons. The third-order valence-electron chi connectivity index (χ3n) is 2.50. The first kappa shape index (κ1) is 11.0. The maximum absolute atomic E-state index is 11.6. The van der Waals surface area contributed by atoms with Crippen molar-refractivity contribution in [2.75, 3.05) is 6.61 Å². The fourth-order valence-corrected chi connectivity index (χ4v) is 1.70. The van der Waals surface area contributed by atoms with Crippen LogP contribution < -0.4 is 5.32 Å². The standard InChI is InChI=1S/C10H16N2O2/c1-3-9-8(4-5-14-9)10(13)12-7(2)6-11/h7-9H,3-5H2,1-2H3,(H,12,13). The molecule has 1 N–H and O–H groups in total. The highest BCUT2D eigenvalue weighted by molar-refractivity contribution is 5.80. The van der Waals surface area contributed by atoms with E-state index < -0.39 is 6.04 Å². The van der Waals surface area contributed by atoms with Gasteiger partial charge < -0.3 is 10.1 Å². The van der Waals surface area contributed by atoms with Crippen LogP contribution in [0.4, 0.5) is 0 Å². The van der Waals surface area contributed by atoms with Crippen LogP contribution in [0.2, 0.25) is 0 Å². The van der Waals surface area contributed by atoms with Crippen molar-refractivity contribution in [3.63, 3.8) is 0 Å². The van der Waals surface area contributed by atoms with Gasteiger partial charge in [-0.05, 0) is 19.8 Å². The van der Waals surface area contributed by atoms with Gasteiger partial charge in [-0.1, -0.05) is 6.92 Å². The van der Waals surface area contributed by atoms with E-state index in [9.17, 15) is 4.79 Å². The number of ether oxygens (including phenoxy) is 1. The Labute approximate surface area is 84.2 Å². The third-order valence-corrected chi connectivity index (χ3v) is 2.50. The molecule has 0 bridgehead atoms. The maximum Gasteiger partial charge on any atom is 0.226 e. The van der Waals surface area contributed by atoms with Crippen LogP contribution in [-0.2, 0) is 9.53 Å². The molecule has 3 unspecified atom stereocenters. The zero-order chi connectivity index (χ0) is 10.6. The molecule has 1 aliphatic rings. The van der Waals surface area contributed by atoms with Crippen LogP contribution >= 0.6 is 0 Å². The van der Waals surface area contributed by atoms with Gasteiger partial charge in [0.25, 0.3) is 0 Å². The minimum atomic E-state index is -0.416. The van der Waals surface area contributed by atoms with Crippen molar-refractivity contribution in [3.05, 3.63) is 0 Å². The first-order valence-electron chi connectivity index (χ1n) is 5.00. The topological polar surface area (TPSA) is 62.1 Å². The third kappa shape index (κ3) is 2.46. The van der Waals surface area contributed by atoms with E-state index in [0.29, 0.717) is 6.61 Å². The van der Waals surface area contributed by atoms with Crippen LogP contribution in [-0.4, -0.2) is 24.7 Å². The molecule has 1 rings (SSSR count). The first-order chi connectivity index (χ1) is 6.69. The molecule has 4 nitrogen and oxygen atoms in total. The molecule has 1 fully saturated rings. The smallest absolute Gasteiger partial charge is 0.226 e. The lowest BCUT2D eigenvalue weighted by molar-refractivity contribution is -0.127. The molecule has 1 heterocycles. The number of amides is 1. The molecule has 1 aliphatic heterocycles. The van der Waals surface area contributed by atoms with Gasteiger partial charge in [0, 0.05) is 6.61 Å². The van der Waals surface area contributed by atoms with E-state index in [1.807, 2.05) is 13.0 Å². The number of hydrogen-bond donors (Lipinski definition) is 1. The number of nitrogens with zero attached hydrogens (tertiary/aromatic N) is 1. The minimum absolute atomic E-state index is 0.0286. The maximum atomic E-state index is 11.6. The van der Waals surface area contributed by atoms with Gasteiger partial charge in [0.1, 0.15) is 6.04 Å². The summed E-state index contributed by atoms with van der Waals surface area (Å²) in [7, 11) is 0. The average molecular weight is 196 g/mol. The number of carbonyl (C=O) groups is 1. The van der Waals surface area contributed by atoms with Crippen molar-refractivity contribution in [3.8, 4) is 6.07 Å². The first-order valence-corrected chi connectivity index (χ1v) is 5.00. The highest BCUT2D eigenvalue weighted by Gasteiger charge is 2.33. The summed E-state index contributed by atoms with van der Waals surface area (Å²) < 4.78 is 5.41. The Balaban J connectivity index is 2.48. The molecule has 14 heavy (non-hydrogen) atoms. The lowest BCUT2D eigenvalue weighted by Crippen LogP contribution is -2.39. The van der Waals surface area contributed by atoms with Crippen molar-refractivity contribution < 1.29 is 9.53 Å². The number of hydrogen-bond acceptors (Lipinski definition) is 3. The van der Waals surface area contributed by atoms with E-state index in [1.165, 1.54) is 0 Å². The van der Waals surface area contributed by atoms with Gasteiger partial charge in [-0.15, -0.1) is 0 Å². The zero-order valence-corrected chi connectivity index (χ0v) is 8.62. The Morgan fingerprint density at radius 2 is 2.50 bits per heavy atom. The SMILES string of the molecule is CCC1OCCC1C(=O)NC(C)C#N.